The lowest BCUT2D eigenvalue weighted by Crippen LogP contribution is -2.36. The maximum absolute atomic E-state index is 9.52. The molecular weight excluding hydrogens is 540 g/mol. The first kappa shape index (κ1) is 28.1. The van der Waals surface area contributed by atoms with E-state index >= 15 is 0 Å². The van der Waals surface area contributed by atoms with Crippen LogP contribution in [0, 0.1) is 22.7 Å². The molecule has 0 bridgehead atoms. The van der Waals surface area contributed by atoms with E-state index in [1.54, 1.807) is 12.1 Å². The highest BCUT2D eigenvalue weighted by Gasteiger charge is 2.47. The Kier molecular flexibility index (Phi) is 7.70. The highest BCUT2D eigenvalue weighted by atomic mass is 16.5. The number of benzene rings is 4. The third-order valence-electron chi connectivity index (χ3n) is 7.64. The van der Waals surface area contributed by atoms with E-state index in [1.807, 2.05) is 123 Å². The summed E-state index contributed by atoms with van der Waals surface area (Å²) in [5.41, 5.74) is 6.86. The minimum atomic E-state index is -0.920. The summed E-state index contributed by atoms with van der Waals surface area (Å²) < 4.78 is 6.44. The molecule has 44 heavy (non-hydrogen) atoms. The lowest BCUT2D eigenvalue weighted by Gasteiger charge is -2.39. The van der Waals surface area contributed by atoms with Gasteiger partial charge in [-0.15, -0.1) is 0 Å². The van der Waals surface area contributed by atoms with E-state index in [-0.39, 0.29) is 0 Å². The van der Waals surface area contributed by atoms with E-state index in [1.165, 1.54) is 0 Å². The Bertz CT molecular complexity index is 1920. The van der Waals surface area contributed by atoms with Gasteiger partial charge >= 0.3 is 0 Å². The predicted octanol–water partition coefficient (Wildman–Crippen LogP) is 9.07. The largest absolute Gasteiger partial charge is 0.457 e. The molecule has 7 rings (SSSR count). The minimum Gasteiger partial charge on any atom is -0.457 e. The Labute approximate surface area is 257 Å². The van der Waals surface area contributed by atoms with Gasteiger partial charge in [0, 0.05) is 22.3 Å². The Balaban J connectivity index is 0.00000168. The summed E-state index contributed by atoms with van der Waals surface area (Å²) >= 11 is 0. The summed E-state index contributed by atoms with van der Waals surface area (Å²) in [6, 6.07) is 47.4. The summed E-state index contributed by atoms with van der Waals surface area (Å²) in [7, 11) is 0. The third-order valence-corrected chi connectivity index (χ3v) is 7.64. The first-order valence-electron chi connectivity index (χ1n) is 14.5. The van der Waals surface area contributed by atoms with Crippen LogP contribution in [0.25, 0.3) is 22.5 Å². The number of pyridine rings is 2. The van der Waals surface area contributed by atoms with E-state index in [0.717, 1.165) is 56.5 Å². The number of nitriles is 2. The van der Waals surface area contributed by atoms with Crippen molar-refractivity contribution in [3.05, 3.63) is 167 Å². The number of aromatic nitrogens is 2. The standard InChI is InChI=1S/C37H22N4O.C2H6/c38-23-25-9-5-11-27(21-25)31-15-7-19-35(40-31)37(29-13-1-3-17-33(29)42-34-18-4-2-14-30(34)37)36-20-8-16-32(41-36)28-12-6-10-26(22-28)24-39;1-2/h1-22H;1-2H3. The fraction of sp³-hybridized carbons (Fsp3) is 0.0769. The van der Waals surface area contributed by atoms with Crippen molar-refractivity contribution >= 4 is 0 Å². The molecule has 6 aromatic rings. The molecule has 0 saturated carbocycles. The summed E-state index contributed by atoms with van der Waals surface area (Å²) in [5.74, 6) is 1.46. The second-order valence-electron chi connectivity index (χ2n) is 10.0. The second kappa shape index (κ2) is 12.1. The molecule has 0 atom stereocenters. The van der Waals surface area contributed by atoms with Gasteiger partial charge in [0.05, 0.1) is 46.0 Å². The van der Waals surface area contributed by atoms with Gasteiger partial charge in [0.15, 0.2) is 0 Å². The van der Waals surface area contributed by atoms with Crippen molar-refractivity contribution in [2.45, 2.75) is 19.3 Å². The summed E-state index contributed by atoms with van der Waals surface area (Å²) in [6.07, 6.45) is 0. The molecular formula is C39H28N4O. The second-order valence-corrected chi connectivity index (χ2v) is 10.0. The van der Waals surface area contributed by atoms with Crippen LogP contribution in [0.2, 0.25) is 0 Å². The van der Waals surface area contributed by atoms with Gasteiger partial charge in [-0.05, 0) is 60.7 Å². The fourth-order valence-electron chi connectivity index (χ4n) is 5.78. The molecule has 0 aliphatic carbocycles. The minimum absolute atomic E-state index is 0.574. The SMILES string of the molecule is CC.N#Cc1cccc(-c2cccc(C3(c4cccc(-c5cccc(C#N)c5)n4)c4ccccc4Oc4ccccc43)n2)c1. The van der Waals surface area contributed by atoms with Crippen LogP contribution < -0.4 is 4.74 Å². The van der Waals surface area contributed by atoms with Gasteiger partial charge < -0.3 is 4.74 Å². The number of hydrogen-bond donors (Lipinski definition) is 0. The van der Waals surface area contributed by atoms with Gasteiger partial charge in [-0.2, -0.15) is 10.5 Å². The lowest BCUT2D eigenvalue weighted by atomic mass is 9.67. The molecule has 5 heteroatoms. The quantitative estimate of drug-likeness (QED) is 0.211. The molecule has 210 valence electrons. The van der Waals surface area contributed by atoms with Gasteiger partial charge in [-0.1, -0.05) is 86.6 Å². The van der Waals surface area contributed by atoms with E-state index in [9.17, 15) is 10.5 Å². The van der Waals surface area contributed by atoms with Crippen molar-refractivity contribution in [1.29, 1.82) is 10.5 Å². The number of hydrogen-bond acceptors (Lipinski definition) is 5. The number of rotatable bonds is 4. The average Bonchev–Trinajstić information content (AvgIpc) is 3.11. The van der Waals surface area contributed by atoms with Gasteiger partial charge in [0.25, 0.3) is 0 Å². The summed E-state index contributed by atoms with van der Waals surface area (Å²) in [4.78, 5) is 10.5. The number of fused-ring (bicyclic) bond motifs is 2. The zero-order valence-corrected chi connectivity index (χ0v) is 24.4. The zero-order chi connectivity index (χ0) is 30.5. The van der Waals surface area contributed by atoms with E-state index in [2.05, 4.69) is 24.3 Å². The van der Waals surface area contributed by atoms with Crippen LogP contribution in [-0.4, -0.2) is 9.97 Å². The van der Waals surface area contributed by atoms with Crippen LogP contribution in [-0.2, 0) is 5.41 Å². The first-order valence-corrected chi connectivity index (χ1v) is 14.5. The van der Waals surface area contributed by atoms with Crippen molar-refractivity contribution in [1.82, 2.24) is 9.97 Å². The molecule has 1 aliphatic rings. The Morgan fingerprint density at radius 2 is 0.955 bits per heavy atom. The Morgan fingerprint density at radius 3 is 1.41 bits per heavy atom. The van der Waals surface area contributed by atoms with Crippen molar-refractivity contribution < 1.29 is 4.74 Å². The van der Waals surface area contributed by atoms with Gasteiger partial charge in [0.2, 0.25) is 0 Å². The fourth-order valence-corrected chi connectivity index (χ4v) is 5.78. The van der Waals surface area contributed by atoms with Crippen molar-refractivity contribution in [2.24, 2.45) is 0 Å². The molecule has 3 heterocycles. The normalized spacial score (nSPS) is 12.2. The summed E-state index contributed by atoms with van der Waals surface area (Å²) in [6.45, 7) is 4.00. The molecule has 0 N–H and O–H groups in total. The highest BCUT2D eigenvalue weighted by Crippen LogP contribution is 2.54. The highest BCUT2D eigenvalue weighted by molar-refractivity contribution is 5.70. The van der Waals surface area contributed by atoms with Crippen LogP contribution in [0.1, 0.15) is 47.5 Å². The van der Waals surface area contributed by atoms with E-state index in [0.29, 0.717) is 11.1 Å². The van der Waals surface area contributed by atoms with Crippen LogP contribution in [0.3, 0.4) is 0 Å². The van der Waals surface area contributed by atoms with Crippen LogP contribution in [0.5, 0.6) is 11.5 Å². The third kappa shape index (κ3) is 4.77. The van der Waals surface area contributed by atoms with Crippen LogP contribution >= 0.6 is 0 Å². The zero-order valence-electron chi connectivity index (χ0n) is 24.4. The Hall–Kier alpha value is -6.04. The monoisotopic (exact) mass is 568 g/mol. The topological polar surface area (TPSA) is 82.6 Å². The Morgan fingerprint density at radius 1 is 0.523 bits per heavy atom. The smallest absolute Gasteiger partial charge is 0.132 e. The van der Waals surface area contributed by atoms with Gasteiger partial charge in [-0.3, -0.25) is 9.97 Å². The molecule has 0 radical (unpaired) electrons. The molecule has 0 unspecified atom stereocenters. The maximum Gasteiger partial charge on any atom is 0.132 e. The molecule has 0 fully saturated rings. The molecule has 0 amide bonds. The van der Waals surface area contributed by atoms with Crippen molar-refractivity contribution in [3.63, 3.8) is 0 Å². The molecule has 5 nitrogen and oxygen atoms in total. The average molecular weight is 569 g/mol. The molecule has 2 aromatic heterocycles. The summed E-state index contributed by atoms with van der Waals surface area (Å²) in [5, 5.41) is 19.0. The molecule has 0 saturated heterocycles. The molecule has 0 spiro atoms. The van der Waals surface area contributed by atoms with Gasteiger partial charge in [-0.25, -0.2) is 0 Å². The number of para-hydroxylation sites is 2. The van der Waals surface area contributed by atoms with Crippen molar-refractivity contribution in [2.75, 3.05) is 0 Å². The van der Waals surface area contributed by atoms with E-state index in [4.69, 9.17) is 14.7 Å². The van der Waals surface area contributed by atoms with E-state index < -0.39 is 5.41 Å². The number of nitrogens with zero attached hydrogens (tertiary/aromatic N) is 4. The number of ether oxygens (including phenoxy) is 1. The lowest BCUT2D eigenvalue weighted by molar-refractivity contribution is 0.430. The van der Waals surface area contributed by atoms with Crippen LogP contribution in [0.15, 0.2) is 133 Å². The molecule has 1 aliphatic heterocycles. The maximum atomic E-state index is 9.52. The first-order chi connectivity index (χ1) is 21.7. The van der Waals surface area contributed by atoms with Crippen LogP contribution in [0.4, 0.5) is 0 Å². The van der Waals surface area contributed by atoms with Crippen molar-refractivity contribution in [3.8, 4) is 46.2 Å². The predicted molar refractivity (Wildman–Crippen MR) is 172 cm³/mol. The van der Waals surface area contributed by atoms with Gasteiger partial charge in [0.1, 0.15) is 16.9 Å². The molecule has 4 aromatic carbocycles.